The van der Waals surface area contributed by atoms with Gasteiger partial charge < -0.3 is 4.74 Å². The molecule has 46 valence electrons. The summed E-state index contributed by atoms with van der Waals surface area (Å²) in [5, 5.41) is 0. The second kappa shape index (κ2) is 3.90. The highest BCUT2D eigenvalue weighted by Gasteiger charge is 2.13. The highest BCUT2D eigenvalue weighted by molar-refractivity contribution is 9.23. The first kappa shape index (κ1) is 7.08. The lowest BCUT2D eigenvalue weighted by molar-refractivity contribution is 0.0669. The van der Waals surface area contributed by atoms with Crippen LogP contribution in [0.1, 0.15) is 19.3 Å². The number of hydrogen-bond donors (Lipinski definition) is 0. The molecule has 1 unspecified atom stereocenters. The third-order valence-electron chi connectivity index (χ3n) is 1.45. The quantitative estimate of drug-likeness (QED) is 0.569. The predicted molar refractivity (Wildman–Crippen MR) is 39.7 cm³/mol. The van der Waals surface area contributed by atoms with Gasteiger partial charge >= 0.3 is 13.4 Å². The van der Waals surface area contributed by atoms with Gasteiger partial charge in [-0.2, -0.15) is 0 Å². The fraction of sp³-hybridized carbons (Fsp3) is 1.00. The topological polar surface area (TPSA) is 9.23 Å². The zero-order chi connectivity index (χ0) is 5.82. The van der Waals surface area contributed by atoms with Crippen LogP contribution in [0.5, 0.6) is 0 Å². The summed E-state index contributed by atoms with van der Waals surface area (Å²) in [5.74, 6) is 0. The van der Waals surface area contributed by atoms with Gasteiger partial charge in [-0.05, 0) is 19.3 Å². The van der Waals surface area contributed by atoms with E-state index >= 15 is 0 Å². The maximum atomic E-state index is 5.44. The van der Waals surface area contributed by atoms with E-state index in [0.717, 1.165) is 6.61 Å². The molecule has 0 aromatic rings. The summed E-state index contributed by atoms with van der Waals surface area (Å²) >= 11 is 3.48. The van der Waals surface area contributed by atoms with Gasteiger partial charge in [0.05, 0.1) is 0 Å². The van der Waals surface area contributed by atoms with Crippen LogP contribution in [0.15, 0.2) is 0 Å². The summed E-state index contributed by atoms with van der Waals surface area (Å²) in [6.45, 7) is 1.00. The third-order valence-corrected chi connectivity index (χ3v) is 4.60. The lowest BCUT2D eigenvalue weighted by Gasteiger charge is -2.19. The van der Waals surface area contributed by atoms with Crippen molar-refractivity contribution in [2.24, 2.45) is 0 Å². The molecular formula is C5H10AlBrO. The van der Waals surface area contributed by atoms with Gasteiger partial charge in [0.15, 0.2) is 0 Å². The van der Waals surface area contributed by atoms with Gasteiger partial charge in [0.1, 0.15) is 0 Å². The summed E-state index contributed by atoms with van der Waals surface area (Å²) in [4.78, 5) is 0.642. The molecule has 1 saturated heterocycles. The number of ether oxygens (including phenoxy) is 1. The predicted octanol–water partition coefficient (Wildman–Crippen LogP) is 1.26. The van der Waals surface area contributed by atoms with Crippen molar-refractivity contribution in [3.63, 3.8) is 0 Å². The van der Waals surface area contributed by atoms with Crippen LogP contribution in [0.25, 0.3) is 0 Å². The van der Waals surface area contributed by atoms with Gasteiger partial charge in [-0.1, -0.05) is 0 Å². The Labute approximate surface area is 63.2 Å². The van der Waals surface area contributed by atoms with E-state index in [9.17, 15) is 0 Å². The molecule has 0 aromatic carbocycles. The van der Waals surface area contributed by atoms with Crippen molar-refractivity contribution < 1.29 is 4.74 Å². The van der Waals surface area contributed by atoms with E-state index in [-0.39, 0.29) is 13.4 Å². The van der Waals surface area contributed by atoms with Gasteiger partial charge in [0.25, 0.3) is 0 Å². The molecule has 0 saturated carbocycles. The second-order valence-electron chi connectivity index (χ2n) is 2.14. The Morgan fingerprint density at radius 1 is 1.50 bits per heavy atom. The Kier molecular flexibility index (Phi) is 3.45. The van der Waals surface area contributed by atoms with Gasteiger partial charge in [-0.25, -0.2) is 14.1 Å². The summed E-state index contributed by atoms with van der Waals surface area (Å²) in [6, 6.07) is 0. The van der Waals surface area contributed by atoms with Crippen molar-refractivity contribution in [2.45, 2.75) is 24.2 Å². The highest BCUT2D eigenvalue weighted by Crippen LogP contribution is 2.12. The summed E-state index contributed by atoms with van der Waals surface area (Å²) in [7, 11) is 0. The van der Waals surface area contributed by atoms with Gasteiger partial charge in [0, 0.05) is 11.6 Å². The van der Waals surface area contributed by atoms with Gasteiger partial charge in [-0.3, -0.25) is 0 Å². The molecule has 1 nitrogen and oxygen atoms in total. The molecule has 0 N–H and O–H groups in total. The molecule has 0 radical (unpaired) electrons. The Balaban J connectivity index is 2.13. The number of hydrogen-bond acceptors (Lipinski definition) is 1. The van der Waals surface area contributed by atoms with Crippen molar-refractivity contribution in [1.29, 1.82) is 0 Å². The first-order valence-electron chi connectivity index (χ1n) is 3.11. The van der Waals surface area contributed by atoms with Crippen molar-refractivity contribution in [2.75, 3.05) is 6.61 Å². The first-order chi connectivity index (χ1) is 3.93. The van der Waals surface area contributed by atoms with Crippen LogP contribution in [0, 0.1) is 0 Å². The SMILES string of the molecule is [Br][AlH][CH]1CCCCO1. The van der Waals surface area contributed by atoms with Crippen molar-refractivity contribution >= 4 is 27.4 Å². The average Bonchev–Trinajstić information content (AvgIpc) is 1.90. The van der Waals surface area contributed by atoms with Crippen LogP contribution in [-0.4, -0.2) is 25.0 Å². The Morgan fingerprint density at radius 2 is 2.38 bits per heavy atom. The van der Waals surface area contributed by atoms with Crippen LogP contribution >= 0.6 is 14.1 Å². The molecule has 3 heteroatoms. The van der Waals surface area contributed by atoms with Crippen molar-refractivity contribution in [3.05, 3.63) is 0 Å². The Morgan fingerprint density at radius 3 is 2.75 bits per heavy atom. The van der Waals surface area contributed by atoms with E-state index in [1.54, 1.807) is 0 Å². The zero-order valence-electron chi connectivity index (χ0n) is 4.90. The fourth-order valence-corrected chi connectivity index (χ4v) is 3.16. The molecule has 0 bridgehead atoms. The number of rotatable bonds is 1. The number of halogens is 1. The molecule has 1 aliphatic heterocycles. The minimum absolute atomic E-state index is 0.0415. The Bertz CT molecular complexity index is 63.4. The smallest absolute Gasteiger partial charge is 0.381 e. The van der Waals surface area contributed by atoms with Gasteiger partial charge in [0.2, 0.25) is 0 Å². The standard InChI is InChI=1S/C5H9O.Al.BrH.H/c1-2-4-6-5-3-1;;;/h4H,1-3,5H2;;1H;/q;+1;;/p-1. The molecule has 0 amide bonds. The third kappa shape index (κ3) is 2.07. The molecule has 1 atom stereocenters. The van der Waals surface area contributed by atoms with Crippen LogP contribution in [0.4, 0.5) is 0 Å². The van der Waals surface area contributed by atoms with Gasteiger partial charge in [-0.15, -0.1) is 0 Å². The second-order valence-corrected chi connectivity index (χ2v) is 5.30. The molecule has 1 fully saturated rings. The lowest BCUT2D eigenvalue weighted by Crippen LogP contribution is -2.21. The minimum Gasteiger partial charge on any atom is -0.392 e. The average molecular weight is 193 g/mol. The highest BCUT2D eigenvalue weighted by atomic mass is 79.9. The molecule has 0 aromatic heterocycles. The minimum atomic E-state index is -0.0415. The molecule has 1 aliphatic rings. The zero-order valence-corrected chi connectivity index (χ0v) is 7.90. The van der Waals surface area contributed by atoms with Crippen LogP contribution in [0.2, 0.25) is 0 Å². The van der Waals surface area contributed by atoms with E-state index in [1.165, 1.54) is 19.3 Å². The van der Waals surface area contributed by atoms with E-state index in [2.05, 4.69) is 14.1 Å². The fourth-order valence-electron chi connectivity index (χ4n) is 0.929. The normalized spacial score (nSPS) is 29.9. The summed E-state index contributed by atoms with van der Waals surface area (Å²) in [5.41, 5.74) is 0. The molecule has 0 aliphatic carbocycles. The van der Waals surface area contributed by atoms with E-state index in [1.807, 2.05) is 0 Å². The summed E-state index contributed by atoms with van der Waals surface area (Å²) < 4.78 is 5.44. The van der Waals surface area contributed by atoms with Crippen LogP contribution in [-0.2, 0) is 4.74 Å². The maximum absolute atomic E-state index is 5.44. The van der Waals surface area contributed by atoms with Crippen LogP contribution in [0.3, 0.4) is 0 Å². The Hall–Kier alpha value is 0.972. The van der Waals surface area contributed by atoms with Crippen LogP contribution < -0.4 is 0 Å². The van der Waals surface area contributed by atoms with E-state index < -0.39 is 0 Å². The van der Waals surface area contributed by atoms with Crippen molar-refractivity contribution in [1.82, 2.24) is 0 Å². The largest absolute Gasteiger partial charge is 0.392 e. The maximum Gasteiger partial charge on any atom is 0.381 e. The first-order valence-corrected chi connectivity index (χ1v) is 7.82. The molecular weight excluding hydrogens is 183 g/mol. The van der Waals surface area contributed by atoms with E-state index in [4.69, 9.17) is 4.74 Å². The summed E-state index contributed by atoms with van der Waals surface area (Å²) in [6.07, 6.45) is 3.96. The molecule has 1 heterocycles. The lowest BCUT2D eigenvalue weighted by atomic mass is 10.2. The molecule has 1 rings (SSSR count). The molecule has 0 spiro atoms. The molecule has 8 heavy (non-hydrogen) atoms. The van der Waals surface area contributed by atoms with Crippen molar-refractivity contribution in [3.8, 4) is 0 Å². The monoisotopic (exact) mass is 192 g/mol. The van der Waals surface area contributed by atoms with E-state index in [0.29, 0.717) is 4.97 Å².